The first-order valence-electron chi connectivity index (χ1n) is 7.54. The zero-order valence-corrected chi connectivity index (χ0v) is 13.3. The van der Waals surface area contributed by atoms with Crippen molar-refractivity contribution in [2.45, 2.75) is 38.1 Å². The van der Waals surface area contributed by atoms with E-state index < -0.39 is 11.5 Å². The van der Waals surface area contributed by atoms with Gasteiger partial charge in [0.2, 0.25) is 0 Å². The van der Waals surface area contributed by atoms with Gasteiger partial charge >= 0.3 is 5.97 Å². The lowest BCUT2D eigenvalue weighted by Crippen LogP contribution is -2.50. The molecule has 5 nitrogen and oxygen atoms in total. The highest BCUT2D eigenvalue weighted by atomic mass is 16.4. The van der Waals surface area contributed by atoms with Crippen LogP contribution < -0.4 is 5.32 Å². The third-order valence-electron chi connectivity index (χ3n) is 4.17. The topological polar surface area (TPSA) is 65.5 Å². The van der Waals surface area contributed by atoms with Gasteiger partial charge in [0.15, 0.2) is 0 Å². The fraction of sp³-hybridized carbons (Fsp3) is 0.625. The predicted octanol–water partition coefficient (Wildman–Crippen LogP) is 1.79. The van der Waals surface area contributed by atoms with E-state index in [0.717, 1.165) is 25.9 Å². The summed E-state index contributed by atoms with van der Waals surface area (Å²) in [5, 5.41) is 12.3. The Hall–Kier alpha value is -1.46. The van der Waals surface area contributed by atoms with Gasteiger partial charge in [0.25, 0.3) is 0 Å². The SMILES string of the molecule is CCC(CCCN(C)CCc1ccncc1)(NC)C(=O)O. The Bertz CT molecular complexity index is 419. The summed E-state index contributed by atoms with van der Waals surface area (Å²) in [5.41, 5.74) is 0.492. The number of nitrogens with one attached hydrogen (secondary N) is 1. The van der Waals surface area contributed by atoms with Crippen LogP contribution in [0.3, 0.4) is 0 Å². The molecule has 1 aromatic rings. The molecule has 0 aliphatic carbocycles. The normalized spacial score (nSPS) is 14.1. The molecule has 1 aromatic heterocycles. The number of hydrogen-bond donors (Lipinski definition) is 2. The molecule has 1 unspecified atom stereocenters. The van der Waals surface area contributed by atoms with Crippen LogP contribution in [0.2, 0.25) is 0 Å². The summed E-state index contributed by atoms with van der Waals surface area (Å²) < 4.78 is 0. The molecular weight excluding hydrogens is 266 g/mol. The zero-order chi connectivity index (χ0) is 15.7. The van der Waals surface area contributed by atoms with Crippen LogP contribution in [0, 0.1) is 0 Å². The molecule has 0 aliphatic heterocycles. The van der Waals surface area contributed by atoms with Crippen molar-refractivity contribution in [3.63, 3.8) is 0 Å². The molecule has 21 heavy (non-hydrogen) atoms. The van der Waals surface area contributed by atoms with E-state index >= 15 is 0 Å². The lowest BCUT2D eigenvalue weighted by Gasteiger charge is -2.28. The smallest absolute Gasteiger partial charge is 0.323 e. The molecule has 118 valence electrons. The number of hydrogen-bond acceptors (Lipinski definition) is 4. The number of nitrogens with zero attached hydrogens (tertiary/aromatic N) is 2. The van der Waals surface area contributed by atoms with E-state index in [1.165, 1.54) is 5.56 Å². The number of likely N-dealkylation sites (N-methyl/N-ethyl adjacent to an activating group) is 2. The van der Waals surface area contributed by atoms with Gasteiger partial charge in [-0.3, -0.25) is 9.78 Å². The molecule has 0 aliphatic rings. The van der Waals surface area contributed by atoms with Crippen LogP contribution in [0.5, 0.6) is 0 Å². The van der Waals surface area contributed by atoms with E-state index in [1.54, 1.807) is 7.05 Å². The summed E-state index contributed by atoms with van der Waals surface area (Å²) in [6.45, 7) is 3.79. The van der Waals surface area contributed by atoms with Crippen LogP contribution in [-0.2, 0) is 11.2 Å². The molecule has 0 saturated carbocycles. The lowest BCUT2D eigenvalue weighted by molar-refractivity contribution is -0.145. The van der Waals surface area contributed by atoms with Crippen molar-refractivity contribution in [2.24, 2.45) is 0 Å². The van der Waals surface area contributed by atoms with Crippen LogP contribution in [0.15, 0.2) is 24.5 Å². The predicted molar refractivity (Wildman–Crippen MR) is 84.4 cm³/mol. The molecule has 0 spiro atoms. The fourth-order valence-corrected chi connectivity index (χ4v) is 2.48. The molecular formula is C16H27N3O2. The Morgan fingerprint density at radius 2 is 2.05 bits per heavy atom. The first kappa shape index (κ1) is 17.6. The second kappa shape index (κ2) is 8.74. The van der Waals surface area contributed by atoms with Gasteiger partial charge in [-0.15, -0.1) is 0 Å². The molecule has 0 fully saturated rings. The molecule has 0 saturated heterocycles. The summed E-state index contributed by atoms with van der Waals surface area (Å²) in [5.74, 6) is -0.757. The van der Waals surface area contributed by atoms with Gasteiger partial charge in [0, 0.05) is 18.9 Å². The molecule has 1 atom stereocenters. The quantitative estimate of drug-likeness (QED) is 0.688. The standard InChI is InChI=1S/C16H27N3O2/c1-4-16(17-2,15(20)21)9-5-12-19(3)13-8-14-6-10-18-11-7-14/h6-7,10-11,17H,4-5,8-9,12-13H2,1-3H3,(H,20,21). The number of pyridine rings is 1. The van der Waals surface area contributed by atoms with Crippen LogP contribution in [0.25, 0.3) is 0 Å². The third-order valence-corrected chi connectivity index (χ3v) is 4.17. The maximum Gasteiger partial charge on any atom is 0.323 e. The van der Waals surface area contributed by atoms with Crippen LogP contribution in [0.1, 0.15) is 31.7 Å². The molecule has 0 amide bonds. The highest BCUT2D eigenvalue weighted by Gasteiger charge is 2.34. The van der Waals surface area contributed by atoms with Crippen molar-refractivity contribution < 1.29 is 9.90 Å². The Kier molecular flexibility index (Phi) is 7.32. The highest BCUT2D eigenvalue weighted by Crippen LogP contribution is 2.17. The lowest BCUT2D eigenvalue weighted by atomic mass is 9.90. The van der Waals surface area contributed by atoms with Gasteiger partial charge in [0.1, 0.15) is 5.54 Å². The summed E-state index contributed by atoms with van der Waals surface area (Å²) >= 11 is 0. The van der Waals surface area contributed by atoms with Gasteiger partial charge in [0.05, 0.1) is 0 Å². The minimum Gasteiger partial charge on any atom is -0.480 e. The molecule has 1 heterocycles. The Morgan fingerprint density at radius 1 is 1.38 bits per heavy atom. The number of carboxylic acid groups (broad SMARTS) is 1. The first-order chi connectivity index (χ1) is 10.0. The fourth-order valence-electron chi connectivity index (χ4n) is 2.48. The van der Waals surface area contributed by atoms with E-state index in [4.69, 9.17) is 0 Å². The number of aliphatic carboxylic acids is 1. The maximum atomic E-state index is 11.4. The second-order valence-corrected chi connectivity index (χ2v) is 5.50. The monoisotopic (exact) mass is 293 g/mol. The van der Waals surface area contributed by atoms with E-state index in [9.17, 15) is 9.90 Å². The van der Waals surface area contributed by atoms with Crippen molar-refractivity contribution in [3.8, 4) is 0 Å². The average molecular weight is 293 g/mol. The summed E-state index contributed by atoms with van der Waals surface area (Å²) in [7, 11) is 3.81. The van der Waals surface area contributed by atoms with Gasteiger partial charge in [-0.1, -0.05) is 6.92 Å². The maximum absolute atomic E-state index is 11.4. The van der Waals surface area contributed by atoms with E-state index in [2.05, 4.69) is 22.2 Å². The van der Waals surface area contributed by atoms with Crippen molar-refractivity contribution in [1.82, 2.24) is 15.2 Å². The number of aromatic nitrogens is 1. The Balaban J connectivity index is 2.32. The van der Waals surface area contributed by atoms with Gasteiger partial charge in [-0.05, 0) is 64.0 Å². The van der Waals surface area contributed by atoms with Crippen molar-refractivity contribution in [3.05, 3.63) is 30.1 Å². The van der Waals surface area contributed by atoms with Gasteiger partial charge in [-0.2, -0.15) is 0 Å². The third kappa shape index (κ3) is 5.44. The Morgan fingerprint density at radius 3 is 2.57 bits per heavy atom. The molecule has 0 aromatic carbocycles. The van der Waals surface area contributed by atoms with Crippen molar-refractivity contribution in [1.29, 1.82) is 0 Å². The molecule has 0 bridgehead atoms. The zero-order valence-electron chi connectivity index (χ0n) is 13.3. The summed E-state index contributed by atoms with van der Waals surface area (Å²) in [6, 6.07) is 4.06. The summed E-state index contributed by atoms with van der Waals surface area (Å²) in [6.07, 6.45) is 6.72. The Labute approximate surface area is 127 Å². The van der Waals surface area contributed by atoms with Gasteiger partial charge < -0.3 is 15.3 Å². The molecule has 0 radical (unpaired) electrons. The molecule has 2 N–H and O–H groups in total. The average Bonchev–Trinajstić information content (AvgIpc) is 2.50. The van der Waals surface area contributed by atoms with E-state index in [-0.39, 0.29) is 0 Å². The summed E-state index contributed by atoms with van der Waals surface area (Å²) in [4.78, 5) is 17.6. The van der Waals surface area contributed by atoms with Gasteiger partial charge in [-0.25, -0.2) is 0 Å². The van der Waals surface area contributed by atoms with Crippen LogP contribution >= 0.6 is 0 Å². The number of carboxylic acids is 1. The first-order valence-corrected chi connectivity index (χ1v) is 7.54. The number of rotatable bonds is 10. The van der Waals surface area contributed by atoms with E-state index in [1.807, 2.05) is 31.5 Å². The van der Waals surface area contributed by atoms with Crippen molar-refractivity contribution >= 4 is 5.97 Å². The largest absolute Gasteiger partial charge is 0.480 e. The minimum absolute atomic E-state index is 0.597. The van der Waals surface area contributed by atoms with E-state index in [0.29, 0.717) is 12.8 Å². The van der Waals surface area contributed by atoms with Crippen LogP contribution in [0.4, 0.5) is 0 Å². The minimum atomic E-state index is -0.786. The van der Waals surface area contributed by atoms with Crippen LogP contribution in [-0.4, -0.2) is 53.7 Å². The molecule has 5 heteroatoms. The highest BCUT2D eigenvalue weighted by molar-refractivity contribution is 5.78. The molecule has 1 rings (SSSR count). The number of carbonyl (C=O) groups is 1. The second-order valence-electron chi connectivity index (χ2n) is 5.50. The van der Waals surface area contributed by atoms with Crippen molar-refractivity contribution in [2.75, 3.05) is 27.2 Å².